The van der Waals surface area contributed by atoms with E-state index in [2.05, 4.69) is 6.07 Å². The van der Waals surface area contributed by atoms with Crippen LogP contribution >= 0.6 is 0 Å². The van der Waals surface area contributed by atoms with Crippen LogP contribution in [0.15, 0.2) is 42.5 Å². The molecule has 0 bridgehead atoms. The van der Waals surface area contributed by atoms with Gasteiger partial charge < -0.3 is 9.80 Å². The van der Waals surface area contributed by atoms with Crippen LogP contribution in [-0.4, -0.2) is 47.8 Å². The molecule has 27 heavy (non-hydrogen) atoms. The molecule has 5 heteroatoms. The Morgan fingerprint density at radius 3 is 2.37 bits per heavy atom. The lowest BCUT2D eigenvalue weighted by Crippen LogP contribution is -2.51. The van der Waals surface area contributed by atoms with Crippen LogP contribution in [0.2, 0.25) is 0 Å². The van der Waals surface area contributed by atoms with Gasteiger partial charge in [-0.05, 0) is 54.2 Å². The highest BCUT2D eigenvalue weighted by Crippen LogP contribution is 2.23. The first-order valence-electron chi connectivity index (χ1n) is 9.54. The Morgan fingerprint density at radius 2 is 1.59 bits per heavy atom. The van der Waals surface area contributed by atoms with Crippen molar-refractivity contribution >= 4 is 11.8 Å². The molecule has 2 amide bonds. The zero-order chi connectivity index (χ0) is 18.8. The number of piperazine rings is 1. The summed E-state index contributed by atoms with van der Waals surface area (Å²) in [7, 11) is 0. The summed E-state index contributed by atoms with van der Waals surface area (Å²) in [6.07, 6.45) is 3.38. The monoisotopic (exact) mass is 366 g/mol. The number of hydrogen-bond acceptors (Lipinski definition) is 2. The van der Waals surface area contributed by atoms with Crippen molar-refractivity contribution in [2.75, 3.05) is 26.2 Å². The Bertz CT molecular complexity index is 872. The second-order valence-corrected chi connectivity index (χ2v) is 7.28. The van der Waals surface area contributed by atoms with Crippen LogP contribution in [0.5, 0.6) is 0 Å². The number of fused-ring (bicyclic) bond motifs is 1. The van der Waals surface area contributed by atoms with E-state index in [0.29, 0.717) is 31.7 Å². The highest BCUT2D eigenvalue weighted by molar-refractivity contribution is 5.94. The molecule has 0 N–H and O–H groups in total. The smallest absolute Gasteiger partial charge is 0.253 e. The van der Waals surface area contributed by atoms with Crippen LogP contribution in [-0.2, 0) is 24.1 Å². The molecule has 140 valence electrons. The van der Waals surface area contributed by atoms with Crippen LogP contribution in [0.1, 0.15) is 33.5 Å². The van der Waals surface area contributed by atoms with Crippen molar-refractivity contribution in [3.05, 3.63) is 70.5 Å². The van der Waals surface area contributed by atoms with E-state index in [1.807, 2.05) is 17.0 Å². The molecule has 4 nitrogen and oxygen atoms in total. The molecule has 0 spiro atoms. The summed E-state index contributed by atoms with van der Waals surface area (Å²) in [5.41, 5.74) is 3.80. The minimum atomic E-state index is -0.351. The first-order valence-corrected chi connectivity index (χ1v) is 9.54. The van der Waals surface area contributed by atoms with Gasteiger partial charge in [0.1, 0.15) is 5.82 Å². The minimum Gasteiger partial charge on any atom is -0.339 e. The van der Waals surface area contributed by atoms with Gasteiger partial charge >= 0.3 is 0 Å². The molecule has 1 aliphatic carbocycles. The minimum absolute atomic E-state index is 0.0332. The van der Waals surface area contributed by atoms with Gasteiger partial charge in [-0.1, -0.05) is 24.3 Å². The molecular formula is C22H23FN2O2. The maximum atomic E-state index is 13.7. The topological polar surface area (TPSA) is 40.6 Å². The molecular weight excluding hydrogens is 343 g/mol. The van der Waals surface area contributed by atoms with Crippen molar-refractivity contribution in [3.8, 4) is 0 Å². The Labute approximate surface area is 158 Å². The van der Waals surface area contributed by atoms with Crippen molar-refractivity contribution in [2.24, 2.45) is 0 Å². The van der Waals surface area contributed by atoms with Gasteiger partial charge in [0.05, 0.1) is 6.42 Å². The molecule has 0 aromatic heterocycles. The van der Waals surface area contributed by atoms with Gasteiger partial charge in [0, 0.05) is 31.7 Å². The summed E-state index contributed by atoms with van der Waals surface area (Å²) >= 11 is 0. The standard InChI is InChI=1S/C22H23FN2O2/c23-20-7-2-1-4-18(20)15-21(26)24-10-12-25(13-11-24)22(27)19-9-8-16-5-3-6-17(16)14-19/h1-2,4,7-9,14H,3,5-6,10-13,15H2. The lowest BCUT2D eigenvalue weighted by Gasteiger charge is -2.35. The second kappa shape index (κ2) is 7.51. The number of amides is 2. The molecule has 2 aromatic carbocycles. The first-order chi connectivity index (χ1) is 13.1. The summed E-state index contributed by atoms with van der Waals surface area (Å²) in [6.45, 7) is 2.01. The number of aryl methyl sites for hydroxylation is 2. The van der Waals surface area contributed by atoms with E-state index in [1.54, 1.807) is 23.1 Å². The zero-order valence-corrected chi connectivity index (χ0v) is 15.3. The summed E-state index contributed by atoms with van der Waals surface area (Å²) in [5, 5.41) is 0. The number of rotatable bonds is 3. The molecule has 0 saturated carbocycles. The first kappa shape index (κ1) is 17.7. The maximum absolute atomic E-state index is 13.7. The zero-order valence-electron chi connectivity index (χ0n) is 15.3. The Morgan fingerprint density at radius 1 is 0.889 bits per heavy atom. The third-order valence-corrected chi connectivity index (χ3v) is 5.56. The van der Waals surface area contributed by atoms with E-state index in [9.17, 15) is 14.0 Å². The lowest BCUT2D eigenvalue weighted by atomic mass is 10.1. The highest BCUT2D eigenvalue weighted by Gasteiger charge is 2.26. The fraction of sp³-hybridized carbons (Fsp3) is 0.364. The molecule has 1 aliphatic heterocycles. The Hall–Kier alpha value is -2.69. The number of carbonyl (C=O) groups excluding carboxylic acids is 2. The second-order valence-electron chi connectivity index (χ2n) is 7.28. The van der Waals surface area contributed by atoms with Crippen LogP contribution in [0, 0.1) is 5.82 Å². The van der Waals surface area contributed by atoms with Gasteiger partial charge in [-0.25, -0.2) is 4.39 Å². The highest BCUT2D eigenvalue weighted by atomic mass is 19.1. The van der Waals surface area contributed by atoms with Crippen molar-refractivity contribution < 1.29 is 14.0 Å². The summed E-state index contributed by atoms with van der Waals surface area (Å²) in [5.74, 6) is -0.410. The maximum Gasteiger partial charge on any atom is 0.253 e. The van der Waals surface area contributed by atoms with E-state index >= 15 is 0 Å². The molecule has 0 radical (unpaired) electrons. The quantitative estimate of drug-likeness (QED) is 0.838. The number of hydrogen-bond donors (Lipinski definition) is 0. The largest absolute Gasteiger partial charge is 0.339 e. The number of halogens is 1. The molecule has 0 atom stereocenters. The van der Waals surface area contributed by atoms with Gasteiger partial charge in [-0.15, -0.1) is 0 Å². The van der Waals surface area contributed by atoms with E-state index in [1.165, 1.54) is 17.2 Å². The number of nitrogens with zero attached hydrogens (tertiary/aromatic N) is 2. The van der Waals surface area contributed by atoms with Crippen molar-refractivity contribution in [2.45, 2.75) is 25.7 Å². The van der Waals surface area contributed by atoms with E-state index in [4.69, 9.17) is 0 Å². The molecule has 1 fully saturated rings. The molecule has 0 unspecified atom stereocenters. The number of carbonyl (C=O) groups is 2. The van der Waals surface area contributed by atoms with Gasteiger partial charge in [0.25, 0.3) is 5.91 Å². The van der Waals surface area contributed by atoms with E-state index in [-0.39, 0.29) is 24.1 Å². The third-order valence-electron chi connectivity index (χ3n) is 5.56. The number of benzene rings is 2. The summed E-state index contributed by atoms with van der Waals surface area (Å²) in [6, 6.07) is 12.4. The average molecular weight is 366 g/mol. The van der Waals surface area contributed by atoms with Gasteiger partial charge in [-0.3, -0.25) is 9.59 Å². The van der Waals surface area contributed by atoms with Crippen LogP contribution in [0.25, 0.3) is 0 Å². The predicted molar refractivity (Wildman–Crippen MR) is 101 cm³/mol. The average Bonchev–Trinajstić information content (AvgIpc) is 3.17. The van der Waals surface area contributed by atoms with Crippen molar-refractivity contribution in [1.82, 2.24) is 9.80 Å². The molecule has 2 aliphatic rings. The predicted octanol–water partition coefficient (Wildman–Crippen LogP) is 2.84. The van der Waals surface area contributed by atoms with Gasteiger partial charge in [0.2, 0.25) is 5.91 Å². The van der Waals surface area contributed by atoms with E-state index < -0.39 is 0 Å². The van der Waals surface area contributed by atoms with Crippen molar-refractivity contribution in [3.63, 3.8) is 0 Å². The van der Waals surface area contributed by atoms with Gasteiger partial charge in [-0.2, -0.15) is 0 Å². The summed E-state index contributed by atoms with van der Waals surface area (Å²) < 4.78 is 13.7. The van der Waals surface area contributed by atoms with E-state index in [0.717, 1.165) is 24.8 Å². The fourth-order valence-electron chi connectivity index (χ4n) is 3.96. The van der Waals surface area contributed by atoms with Crippen molar-refractivity contribution in [1.29, 1.82) is 0 Å². The van der Waals surface area contributed by atoms with Gasteiger partial charge in [0.15, 0.2) is 0 Å². The molecule has 1 heterocycles. The van der Waals surface area contributed by atoms with Crippen LogP contribution in [0.3, 0.4) is 0 Å². The Kier molecular flexibility index (Phi) is 4.92. The molecule has 4 rings (SSSR count). The Balaban J connectivity index is 1.35. The third kappa shape index (κ3) is 3.72. The molecule has 1 saturated heterocycles. The van der Waals surface area contributed by atoms with Crippen LogP contribution < -0.4 is 0 Å². The lowest BCUT2D eigenvalue weighted by molar-refractivity contribution is -0.132. The summed E-state index contributed by atoms with van der Waals surface area (Å²) in [4.78, 5) is 28.8. The molecule has 2 aromatic rings. The normalized spacial score (nSPS) is 16.3. The fourth-order valence-corrected chi connectivity index (χ4v) is 3.96. The van der Waals surface area contributed by atoms with Crippen LogP contribution in [0.4, 0.5) is 4.39 Å². The SMILES string of the molecule is O=C(Cc1ccccc1F)N1CCN(C(=O)c2ccc3c(c2)CCC3)CC1.